The van der Waals surface area contributed by atoms with E-state index in [1.165, 1.54) is 0 Å². The van der Waals surface area contributed by atoms with Crippen LogP contribution < -0.4 is 17.2 Å². The van der Waals surface area contributed by atoms with Crippen molar-refractivity contribution in [3.05, 3.63) is 230 Å². The summed E-state index contributed by atoms with van der Waals surface area (Å²) in [6.45, 7) is 11.6. The predicted octanol–water partition coefficient (Wildman–Crippen LogP) is 9.36. The lowest BCUT2D eigenvalue weighted by Gasteiger charge is -2.14. The minimum atomic E-state index is -0.306. The van der Waals surface area contributed by atoms with E-state index in [9.17, 15) is 14.4 Å². The van der Waals surface area contributed by atoms with Crippen LogP contribution in [0.15, 0.2) is 129 Å². The molecule has 0 fully saturated rings. The van der Waals surface area contributed by atoms with Gasteiger partial charge >= 0.3 is 0 Å². The van der Waals surface area contributed by atoms with Gasteiger partial charge in [0.15, 0.2) is 0 Å². The van der Waals surface area contributed by atoms with Crippen LogP contribution in [0.25, 0.3) is 0 Å². The fourth-order valence-corrected chi connectivity index (χ4v) is 9.58. The summed E-state index contributed by atoms with van der Waals surface area (Å²) in [6.07, 6.45) is 23.9. The molecule has 3 atom stereocenters. The molecule has 6 aromatic heterocycles. The van der Waals surface area contributed by atoms with Crippen molar-refractivity contribution in [2.24, 2.45) is 38.3 Å². The number of benzene rings is 3. The third-order valence-electron chi connectivity index (χ3n) is 14.5. The third-order valence-corrected chi connectivity index (χ3v) is 14.5. The highest BCUT2D eigenvalue weighted by Gasteiger charge is 2.19. The molecule has 0 spiro atoms. The van der Waals surface area contributed by atoms with E-state index in [2.05, 4.69) is 48.4 Å². The Morgan fingerprint density at radius 2 is 0.655 bits per heavy atom. The first-order valence-corrected chi connectivity index (χ1v) is 27.3. The molecule has 6 heterocycles. The average molecular weight is 1140 g/mol. The van der Waals surface area contributed by atoms with Gasteiger partial charge in [0, 0.05) is 94.7 Å². The number of nitrogens with zero attached hydrogens (tertiary/aromatic N) is 12. The maximum atomic E-state index is 11.6. The second kappa shape index (κ2) is 32.0. The summed E-state index contributed by atoms with van der Waals surface area (Å²) in [6, 6.07) is 23.9. The first-order chi connectivity index (χ1) is 38.8. The largest absolute Gasteiger partial charge is 0.369 e. The average Bonchev–Trinajstić information content (AvgIpc) is 4.33. The number of hydrogen-bond donors (Lipinski definition) is 3. The smallest absolute Gasteiger partial charge is 0.224 e. The molecule has 0 saturated heterocycles. The molecule has 3 amide bonds. The second-order valence-corrected chi connectivity index (χ2v) is 20.8. The summed E-state index contributed by atoms with van der Waals surface area (Å²) in [4.78, 5) is 62.4. The molecule has 0 aliphatic heterocycles. The number of nitrogens with two attached hydrogens (primary N) is 3. The lowest BCUT2D eigenvalue weighted by Crippen LogP contribution is -2.20. The summed E-state index contributed by atoms with van der Waals surface area (Å²) in [7, 11) is 5.69. The number of primary amides is 3. The number of carbonyl (C=O) groups excluding carboxylic acids is 3. The first-order valence-electron chi connectivity index (χ1n) is 27.3. The minimum Gasteiger partial charge on any atom is -0.369 e. The molecule has 6 N–H and O–H groups in total. The standard InChI is InChI=1S/3C21H25N5O.3CH4/c3*1-14-11-23-20(10-16-12-24-26(3)13-16)25-19(14)9-8-17-6-4-5-7-18(17)15(2)21(22)27;;;/h3*4-7,11-13,15H,8-10H2,1-3H3,(H2,22,27);3*1H4/t2*15-;;;;/m10..../s1. The van der Waals surface area contributed by atoms with Crippen molar-refractivity contribution >= 4 is 17.7 Å². The van der Waals surface area contributed by atoms with Gasteiger partial charge in [-0.05, 0) is 147 Å². The van der Waals surface area contributed by atoms with Crippen LogP contribution >= 0.6 is 0 Å². The third kappa shape index (κ3) is 19.0. The van der Waals surface area contributed by atoms with Gasteiger partial charge in [0.1, 0.15) is 17.5 Å². The van der Waals surface area contributed by atoms with Crippen LogP contribution in [-0.2, 0) is 93.3 Å². The van der Waals surface area contributed by atoms with E-state index in [0.29, 0.717) is 19.3 Å². The molecule has 0 bridgehead atoms. The molecule has 444 valence electrons. The SMILES string of the molecule is C.C.C.Cc1cnc(Cc2cnn(C)c2)nc1CCc1ccccc1C(C)C(N)=O.Cc1cnc(Cc2cnn(C)c2)nc1CCc1ccccc1[C@@H](C)C(N)=O.Cc1cnc(Cc2cnn(C)c2)nc1CCc1ccccc1[C@H](C)C(N)=O. The molecule has 0 aliphatic carbocycles. The molecule has 18 heteroatoms. The number of aromatic nitrogens is 12. The molecule has 0 aliphatic rings. The topological polar surface area (TPSA) is 260 Å². The summed E-state index contributed by atoms with van der Waals surface area (Å²) in [5.74, 6) is 0.571. The van der Waals surface area contributed by atoms with Gasteiger partial charge in [0.2, 0.25) is 17.7 Å². The molecule has 18 nitrogen and oxygen atoms in total. The maximum absolute atomic E-state index is 11.6. The fraction of sp³-hybridized carbons (Fsp3) is 0.364. The van der Waals surface area contributed by atoms with E-state index in [0.717, 1.165) is 140 Å². The Kier molecular flexibility index (Phi) is 25.7. The molecule has 0 saturated carbocycles. The van der Waals surface area contributed by atoms with E-state index in [4.69, 9.17) is 32.2 Å². The Bertz CT molecular complexity index is 3210. The Morgan fingerprint density at radius 1 is 0.405 bits per heavy atom. The van der Waals surface area contributed by atoms with E-state index in [1.54, 1.807) is 14.0 Å². The van der Waals surface area contributed by atoms with Gasteiger partial charge in [-0.1, -0.05) is 95.1 Å². The van der Waals surface area contributed by atoms with E-state index >= 15 is 0 Å². The van der Waals surface area contributed by atoms with Crippen molar-refractivity contribution in [1.29, 1.82) is 0 Å². The number of carbonyl (C=O) groups is 3. The lowest BCUT2D eigenvalue weighted by molar-refractivity contribution is -0.119. The predicted molar refractivity (Wildman–Crippen MR) is 333 cm³/mol. The summed E-state index contributed by atoms with van der Waals surface area (Å²) >= 11 is 0. The molecule has 84 heavy (non-hydrogen) atoms. The van der Waals surface area contributed by atoms with Gasteiger partial charge in [-0.25, -0.2) is 29.9 Å². The van der Waals surface area contributed by atoms with Crippen LogP contribution in [0.1, 0.15) is 162 Å². The number of aryl methyl sites for hydroxylation is 12. The Labute approximate surface area is 496 Å². The van der Waals surface area contributed by atoms with Crippen molar-refractivity contribution < 1.29 is 14.4 Å². The quantitative estimate of drug-likeness (QED) is 0.0608. The number of hydrogen-bond acceptors (Lipinski definition) is 12. The molecular formula is C66H87N15O3. The minimum absolute atomic E-state index is 0. The zero-order chi connectivity index (χ0) is 58.2. The van der Waals surface area contributed by atoms with Crippen molar-refractivity contribution in [3.63, 3.8) is 0 Å². The highest BCUT2D eigenvalue weighted by atomic mass is 16.2. The first kappa shape index (κ1) is 67.4. The lowest BCUT2D eigenvalue weighted by atomic mass is 9.92. The van der Waals surface area contributed by atoms with Crippen molar-refractivity contribution in [2.45, 2.75) is 139 Å². The van der Waals surface area contributed by atoms with Gasteiger partial charge in [-0.15, -0.1) is 0 Å². The van der Waals surface area contributed by atoms with Crippen molar-refractivity contribution in [1.82, 2.24) is 59.2 Å². The Balaban J connectivity index is 0.000000266. The molecular weight excluding hydrogens is 1050 g/mol. The van der Waals surface area contributed by atoms with Gasteiger partial charge in [-0.3, -0.25) is 28.4 Å². The monoisotopic (exact) mass is 1140 g/mol. The summed E-state index contributed by atoms with van der Waals surface area (Å²) < 4.78 is 5.34. The van der Waals surface area contributed by atoms with Crippen molar-refractivity contribution in [2.75, 3.05) is 0 Å². The van der Waals surface area contributed by atoms with Crippen LogP contribution in [-0.4, -0.2) is 77.0 Å². The second-order valence-electron chi connectivity index (χ2n) is 20.8. The maximum Gasteiger partial charge on any atom is 0.224 e. The highest BCUT2D eigenvalue weighted by molar-refractivity contribution is 5.83. The molecule has 1 unspecified atom stereocenters. The fourth-order valence-electron chi connectivity index (χ4n) is 9.58. The molecule has 9 aromatic rings. The van der Waals surface area contributed by atoms with E-state index < -0.39 is 0 Å². The molecule has 3 aromatic carbocycles. The van der Waals surface area contributed by atoms with Crippen LogP contribution in [0.2, 0.25) is 0 Å². The summed E-state index contributed by atoms with van der Waals surface area (Å²) in [5, 5.41) is 12.6. The summed E-state index contributed by atoms with van der Waals surface area (Å²) in [5.41, 5.74) is 32.5. The molecule has 0 radical (unpaired) electrons. The van der Waals surface area contributed by atoms with Crippen LogP contribution in [0.3, 0.4) is 0 Å². The zero-order valence-corrected chi connectivity index (χ0v) is 48.0. The van der Waals surface area contributed by atoms with Crippen LogP contribution in [0, 0.1) is 20.8 Å². The van der Waals surface area contributed by atoms with Crippen LogP contribution in [0.4, 0.5) is 0 Å². The van der Waals surface area contributed by atoms with Gasteiger partial charge in [0.25, 0.3) is 0 Å². The van der Waals surface area contributed by atoms with Gasteiger partial charge in [-0.2, -0.15) is 15.3 Å². The van der Waals surface area contributed by atoms with Gasteiger partial charge < -0.3 is 17.2 Å². The number of amides is 3. The van der Waals surface area contributed by atoms with Gasteiger partial charge in [0.05, 0.1) is 36.3 Å². The zero-order valence-electron chi connectivity index (χ0n) is 48.0. The van der Waals surface area contributed by atoms with E-state index in [-0.39, 0.29) is 57.8 Å². The Morgan fingerprint density at radius 3 is 0.881 bits per heavy atom. The van der Waals surface area contributed by atoms with E-state index in [1.807, 2.05) is 173 Å². The highest BCUT2D eigenvalue weighted by Crippen LogP contribution is 2.25. The van der Waals surface area contributed by atoms with Crippen LogP contribution in [0.5, 0.6) is 0 Å². The molecule has 9 rings (SSSR count). The Hall–Kier alpha value is -9.06. The number of rotatable bonds is 21. The normalized spacial score (nSPS) is 11.7. The van der Waals surface area contributed by atoms with Crippen molar-refractivity contribution in [3.8, 4) is 0 Å².